The van der Waals surface area contributed by atoms with Crippen LogP contribution in [0.25, 0.3) is 0 Å². The number of benzene rings is 1. The summed E-state index contributed by atoms with van der Waals surface area (Å²) in [5.41, 5.74) is 7.79. The molecule has 2 aliphatic heterocycles. The molecule has 1 amide bonds. The Hall–Kier alpha value is -1.39. The number of amides is 1. The maximum Gasteiger partial charge on any atom is 0.253 e. The molecule has 0 bridgehead atoms. The van der Waals surface area contributed by atoms with Gasteiger partial charge in [0.2, 0.25) is 0 Å². The lowest BCUT2D eigenvalue weighted by atomic mass is 10.2. The highest BCUT2D eigenvalue weighted by Crippen LogP contribution is 2.16. The molecule has 2 saturated heterocycles. The number of nitrogens with zero attached hydrogens (tertiary/aromatic N) is 2. The van der Waals surface area contributed by atoms with E-state index in [1.165, 1.54) is 0 Å². The van der Waals surface area contributed by atoms with E-state index in [9.17, 15) is 4.79 Å². The van der Waals surface area contributed by atoms with Gasteiger partial charge in [-0.15, -0.1) is 24.0 Å². The van der Waals surface area contributed by atoms with Crippen LogP contribution in [0.3, 0.4) is 0 Å². The Labute approximate surface area is 165 Å². The zero-order valence-electron chi connectivity index (χ0n) is 14.1. The first-order valence-electron chi connectivity index (χ1n) is 8.36. The molecular weight excluding hydrogens is 435 g/mol. The van der Waals surface area contributed by atoms with Crippen molar-refractivity contribution in [2.75, 3.05) is 38.2 Å². The molecule has 2 fully saturated rings. The normalized spacial score (nSPS) is 20.9. The summed E-state index contributed by atoms with van der Waals surface area (Å²) in [5.74, 6) is 0.452. The highest BCUT2D eigenvalue weighted by Gasteiger charge is 2.23. The van der Waals surface area contributed by atoms with Gasteiger partial charge in [-0.1, -0.05) is 12.1 Å². The van der Waals surface area contributed by atoms with Gasteiger partial charge in [0.15, 0.2) is 5.96 Å². The molecule has 0 radical (unpaired) electrons. The van der Waals surface area contributed by atoms with Crippen molar-refractivity contribution in [2.24, 2.45) is 10.7 Å². The van der Waals surface area contributed by atoms with Crippen molar-refractivity contribution in [3.63, 3.8) is 0 Å². The van der Waals surface area contributed by atoms with Crippen molar-refractivity contribution < 1.29 is 14.3 Å². The molecule has 0 aromatic heterocycles. The van der Waals surface area contributed by atoms with Gasteiger partial charge in [0.25, 0.3) is 5.91 Å². The van der Waals surface area contributed by atoms with E-state index < -0.39 is 0 Å². The van der Waals surface area contributed by atoms with E-state index in [0.29, 0.717) is 32.3 Å². The molecule has 2 heterocycles. The fraction of sp³-hybridized carbons (Fsp3) is 0.529. The number of hydrogen-bond acceptors (Lipinski definition) is 4. The lowest BCUT2D eigenvalue weighted by Gasteiger charge is -2.27. The van der Waals surface area contributed by atoms with Gasteiger partial charge in [0.1, 0.15) is 6.10 Å². The van der Waals surface area contributed by atoms with Crippen molar-refractivity contribution in [3.8, 4) is 0 Å². The number of halogens is 1. The number of nitrogens with one attached hydrogen (secondary N) is 1. The van der Waals surface area contributed by atoms with Crippen LogP contribution in [0.15, 0.2) is 29.3 Å². The van der Waals surface area contributed by atoms with Gasteiger partial charge in [-0.25, -0.2) is 4.99 Å². The van der Waals surface area contributed by atoms with Gasteiger partial charge < -0.3 is 25.4 Å². The molecule has 1 aromatic carbocycles. The Balaban J connectivity index is 0.00000225. The van der Waals surface area contributed by atoms with Crippen molar-refractivity contribution in [2.45, 2.75) is 25.5 Å². The van der Waals surface area contributed by atoms with E-state index in [4.69, 9.17) is 15.2 Å². The minimum Gasteiger partial charge on any atom is -0.378 e. The molecule has 8 heteroatoms. The molecule has 0 saturated carbocycles. The quantitative estimate of drug-likeness (QED) is 0.405. The molecular formula is C17H25IN4O3. The fourth-order valence-electron chi connectivity index (χ4n) is 2.82. The number of rotatable bonds is 4. The van der Waals surface area contributed by atoms with E-state index in [1.807, 2.05) is 29.2 Å². The SMILES string of the molecule is I.NC(=NCc1cccc(NC(=O)C2CCCO2)c1)N1CCOCC1. The second-order valence-electron chi connectivity index (χ2n) is 5.97. The molecule has 3 rings (SSSR count). The number of morpholine rings is 1. The summed E-state index contributed by atoms with van der Waals surface area (Å²) in [6.07, 6.45) is 1.39. The highest BCUT2D eigenvalue weighted by molar-refractivity contribution is 14.0. The van der Waals surface area contributed by atoms with E-state index in [1.54, 1.807) is 0 Å². The van der Waals surface area contributed by atoms with Crippen LogP contribution in [-0.4, -0.2) is 55.8 Å². The molecule has 2 aliphatic rings. The number of guanidine groups is 1. The zero-order chi connectivity index (χ0) is 16.8. The van der Waals surface area contributed by atoms with Gasteiger partial charge in [-0.05, 0) is 30.5 Å². The number of carbonyl (C=O) groups excluding carboxylic acids is 1. The second-order valence-corrected chi connectivity index (χ2v) is 5.97. The monoisotopic (exact) mass is 460 g/mol. The van der Waals surface area contributed by atoms with E-state index in [-0.39, 0.29) is 36.0 Å². The Kier molecular flexibility index (Phi) is 7.91. The molecule has 1 atom stereocenters. The van der Waals surface area contributed by atoms with Crippen molar-refractivity contribution in [1.29, 1.82) is 0 Å². The second kappa shape index (κ2) is 9.93. The lowest BCUT2D eigenvalue weighted by Crippen LogP contribution is -2.44. The first-order chi connectivity index (χ1) is 11.7. The van der Waals surface area contributed by atoms with Crippen molar-refractivity contribution >= 4 is 41.5 Å². The molecule has 1 unspecified atom stereocenters. The highest BCUT2D eigenvalue weighted by atomic mass is 127. The van der Waals surface area contributed by atoms with Gasteiger partial charge in [-0.3, -0.25) is 4.79 Å². The van der Waals surface area contributed by atoms with Gasteiger partial charge in [-0.2, -0.15) is 0 Å². The van der Waals surface area contributed by atoms with Crippen LogP contribution in [0, 0.1) is 0 Å². The average Bonchev–Trinajstić information content (AvgIpc) is 3.15. The fourth-order valence-corrected chi connectivity index (χ4v) is 2.82. The smallest absolute Gasteiger partial charge is 0.253 e. The van der Waals surface area contributed by atoms with Crippen LogP contribution in [0.2, 0.25) is 0 Å². The summed E-state index contributed by atoms with van der Waals surface area (Å²) in [6, 6.07) is 7.66. The average molecular weight is 460 g/mol. The van der Waals surface area contributed by atoms with Crippen LogP contribution in [0.1, 0.15) is 18.4 Å². The van der Waals surface area contributed by atoms with Crippen LogP contribution in [0.5, 0.6) is 0 Å². The maximum atomic E-state index is 12.1. The summed E-state index contributed by atoms with van der Waals surface area (Å²) in [5, 5.41) is 2.90. The third-order valence-electron chi connectivity index (χ3n) is 4.18. The summed E-state index contributed by atoms with van der Waals surface area (Å²) in [7, 11) is 0. The summed E-state index contributed by atoms with van der Waals surface area (Å²) in [4.78, 5) is 18.6. The molecule has 25 heavy (non-hydrogen) atoms. The lowest BCUT2D eigenvalue weighted by molar-refractivity contribution is -0.124. The van der Waals surface area contributed by atoms with Crippen LogP contribution in [-0.2, 0) is 20.8 Å². The number of ether oxygens (including phenoxy) is 2. The number of nitrogens with two attached hydrogens (primary N) is 1. The van der Waals surface area contributed by atoms with Gasteiger partial charge >= 0.3 is 0 Å². The zero-order valence-corrected chi connectivity index (χ0v) is 16.5. The minimum atomic E-state index is -0.330. The van der Waals surface area contributed by atoms with E-state index >= 15 is 0 Å². The first-order valence-corrected chi connectivity index (χ1v) is 8.36. The summed E-state index contributed by atoms with van der Waals surface area (Å²) in [6.45, 7) is 4.04. The summed E-state index contributed by atoms with van der Waals surface area (Å²) >= 11 is 0. The van der Waals surface area contributed by atoms with Crippen molar-refractivity contribution in [3.05, 3.63) is 29.8 Å². The van der Waals surface area contributed by atoms with Gasteiger partial charge in [0.05, 0.1) is 19.8 Å². The number of anilines is 1. The maximum absolute atomic E-state index is 12.1. The predicted octanol–water partition coefficient (Wildman–Crippen LogP) is 1.57. The molecule has 1 aromatic rings. The Morgan fingerprint density at radius 2 is 2.12 bits per heavy atom. The van der Waals surface area contributed by atoms with Crippen LogP contribution in [0.4, 0.5) is 5.69 Å². The Morgan fingerprint density at radius 3 is 2.84 bits per heavy atom. The Morgan fingerprint density at radius 1 is 1.32 bits per heavy atom. The molecule has 7 nitrogen and oxygen atoms in total. The minimum absolute atomic E-state index is 0. The third kappa shape index (κ3) is 5.82. The third-order valence-corrected chi connectivity index (χ3v) is 4.18. The number of aliphatic imine (C=N–C) groups is 1. The number of carbonyl (C=O) groups is 1. The van der Waals surface area contributed by atoms with Crippen LogP contribution < -0.4 is 11.1 Å². The Bertz CT molecular complexity index is 599. The first kappa shape index (κ1) is 19.9. The van der Waals surface area contributed by atoms with Gasteiger partial charge in [0, 0.05) is 25.4 Å². The topological polar surface area (TPSA) is 89.2 Å². The van der Waals surface area contributed by atoms with E-state index in [0.717, 1.165) is 37.2 Å². The standard InChI is InChI=1S/C17H24N4O3.HI/c18-17(21-6-9-23-10-7-21)19-12-13-3-1-4-14(11-13)20-16(22)15-5-2-8-24-15;/h1,3-4,11,15H,2,5-10,12H2,(H2,18,19)(H,20,22);1H. The predicted molar refractivity (Wildman–Crippen MR) is 107 cm³/mol. The number of hydrogen-bond donors (Lipinski definition) is 2. The summed E-state index contributed by atoms with van der Waals surface area (Å²) < 4.78 is 10.7. The molecule has 138 valence electrons. The largest absolute Gasteiger partial charge is 0.378 e. The van der Waals surface area contributed by atoms with Crippen molar-refractivity contribution in [1.82, 2.24) is 4.90 Å². The molecule has 3 N–H and O–H groups in total. The molecule has 0 aliphatic carbocycles. The molecule has 0 spiro atoms. The van der Waals surface area contributed by atoms with E-state index in [2.05, 4.69) is 10.3 Å². The van der Waals surface area contributed by atoms with Crippen LogP contribution >= 0.6 is 24.0 Å².